The number of anilines is 1. The van der Waals surface area contributed by atoms with E-state index in [1.54, 1.807) is 17.0 Å². The molecule has 2 aromatic carbocycles. The molecule has 132 valence electrons. The Morgan fingerprint density at radius 2 is 1.76 bits per heavy atom. The molecule has 0 radical (unpaired) electrons. The smallest absolute Gasteiger partial charge is 0.226 e. The summed E-state index contributed by atoms with van der Waals surface area (Å²) in [6, 6.07) is 11.8. The SMILES string of the molecule is CC(=O)N(CCC(=O)Nc1cccc(C)c1C)Cc1ccc(F)cc1. The van der Waals surface area contributed by atoms with Gasteiger partial charge in [0.15, 0.2) is 0 Å². The van der Waals surface area contributed by atoms with Gasteiger partial charge in [-0.2, -0.15) is 0 Å². The first-order valence-electron chi connectivity index (χ1n) is 8.23. The lowest BCUT2D eigenvalue weighted by atomic mass is 10.1. The molecule has 2 rings (SSSR count). The van der Waals surface area contributed by atoms with Crippen LogP contribution >= 0.6 is 0 Å². The van der Waals surface area contributed by atoms with Crippen molar-refractivity contribution in [3.05, 3.63) is 65.0 Å². The van der Waals surface area contributed by atoms with Crippen molar-refractivity contribution in [1.82, 2.24) is 4.90 Å². The van der Waals surface area contributed by atoms with Gasteiger partial charge in [0.2, 0.25) is 11.8 Å². The molecule has 0 saturated heterocycles. The largest absolute Gasteiger partial charge is 0.338 e. The molecule has 0 saturated carbocycles. The summed E-state index contributed by atoms with van der Waals surface area (Å²) in [5, 5.41) is 2.89. The molecule has 2 aromatic rings. The van der Waals surface area contributed by atoms with Crippen molar-refractivity contribution in [3.63, 3.8) is 0 Å². The molecule has 0 aliphatic heterocycles. The number of benzene rings is 2. The minimum Gasteiger partial charge on any atom is -0.338 e. The van der Waals surface area contributed by atoms with Gasteiger partial charge in [-0.25, -0.2) is 4.39 Å². The van der Waals surface area contributed by atoms with Crippen molar-refractivity contribution >= 4 is 17.5 Å². The topological polar surface area (TPSA) is 49.4 Å². The average Bonchev–Trinajstić information content (AvgIpc) is 2.57. The van der Waals surface area contributed by atoms with E-state index in [4.69, 9.17) is 0 Å². The van der Waals surface area contributed by atoms with E-state index in [-0.39, 0.29) is 24.1 Å². The number of halogens is 1. The van der Waals surface area contributed by atoms with Crippen molar-refractivity contribution < 1.29 is 14.0 Å². The molecule has 0 heterocycles. The van der Waals surface area contributed by atoms with Crippen LogP contribution in [0.4, 0.5) is 10.1 Å². The van der Waals surface area contributed by atoms with E-state index in [0.717, 1.165) is 22.4 Å². The Morgan fingerprint density at radius 1 is 1.08 bits per heavy atom. The molecule has 4 nitrogen and oxygen atoms in total. The Labute approximate surface area is 147 Å². The van der Waals surface area contributed by atoms with E-state index in [2.05, 4.69) is 5.32 Å². The van der Waals surface area contributed by atoms with E-state index >= 15 is 0 Å². The summed E-state index contributed by atoms with van der Waals surface area (Å²) in [6.45, 7) is 6.08. The quantitative estimate of drug-likeness (QED) is 0.867. The van der Waals surface area contributed by atoms with Crippen LogP contribution in [0.25, 0.3) is 0 Å². The lowest BCUT2D eigenvalue weighted by Crippen LogP contribution is -2.31. The van der Waals surface area contributed by atoms with Gasteiger partial charge in [0.05, 0.1) is 0 Å². The van der Waals surface area contributed by atoms with Gasteiger partial charge in [-0.1, -0.05) is 24.3 Å². The van der Waals surface area contributed by atoms with Crippen molar-refractivity contribution in [2.75, 3.05) is 11.9 Å². The third-order valence-corrected chi connectivity index (χ3v) is 4.22. The van der Waals surface area contributed by atoms with Crippen molar-refractivity contribution in [2.24, 2.45) is 0 Å². The number of nitrogens with one attached hydrogen (secondary N) is 1. The molecular formula is C20H23FN2O2. The van der Waals surface area contributed by atoms with Crippen molar-refractivity contribution in [1.29, 1.82) is 0 Å². The lowest BCUT2D eigenvalue weighted by molar-refractivity contribution is -0.129. The normalized spacial score (nSPS) is 10.4. The summed E-state index contributed by atoms with van der Waals surface area (Å²) in [5.74, 6) is -0.575. The van der Waals surface area contributed by atoms with Crippen LogP contribution in [0.2, 0.25) is 0 Å². The highest BCUT2D eigenvalue weighted by Gasteiger charge is 2.13. The second-order valence-corrected chi connectivity index (χ2v) is 6.11. The number of carbonyl (C=O) groups excluding carboxylic acids is 2. The highest BCUT2D eigenvalue weighted by Crippen LogP contribution is 2.18. The van der Waals surface area contributed by atoms with Gasteiger partial charge < -0.3 is 10.2 Å². The maximum absolute atomic E-state index is 13.0. The Morgan fingerprint density at radius 3 is 2.40 bits per heavy atom. The molecule has 0 aliphatic rings. The molecule has 1 N–H and O–H groups in total. The number of nitrogens with zero attached hydrogens (tertiary/aromatic N) is 1. The monoisotopic (exact) mass is 342 g/mol. The summed E-state index contributed by atoms with van der Waals surface area (Å²) in [6.07, 6.45) is 0.203. The third kappa shape index (κ3) is 5.41. The first kappa shape index (κ1) is 18.6. The zero-order chi connectivity index (χ0) is 18.4. The molecule has 0 bridgehead atoms. The predicted molar refractivity (Wildman–Crippen MR) is 96.7 cm³/mol. The molecule has 2 amide bonds. The predicted octanol–water partition coefficient (Wildman–Crippen LogP) is 3.82. The van der Waals surface area contributed by atoms with Gasteiger partial charge in [-0.05, 0) is 48.7 Å². The summed E-state index contributed by atoms with van der Waals surface area (Å²) >= 11 is 0. The molecule has 0 aliphatic carbocycles. The Balaban J connectivity index is 1.94. The highest BCUT2D eigenvalue weighted by molar-refractivity contribution is 5.92. The van der Waals surface area contributed by atoms with Gasteiger partial charge in [-0.15, -0.1) is 0 Å². The summed E-state index contributed by atoms with van der Waals surface area (Å²) in [4.78, 5) is 25.6. The van der Waals surface area contributed by atoms with E-state index in [1.165, 1.54) is 19.1 Å². The fourth-order valence-electron chi connectivity index (χ4n) is 2.49. The zero-order valence-electron chi connectivity index (χ0n) is 14.8. The Hall–Kier alpha value is -2.69. The van der Waals surface area contributed by atoms with Crippen LogP contribution in [0.1, 0.15) is 30.0 Å². The number of rotatable bonds is 6. The van der Waals surface area contributed by atoms with Gasteiger partial charge in [0.25, 0.3) is 0 Å². The minimum atomic E-state index is -0.314. The fourth-order valence-corrected chi connectivity index (χ4v) is 2.49. The van der Waals surface area contributed by atoms with Crippen molar-refractivity contribution in [3.8, 4) is 0 Å². The molecule has 25 heavy (non-hydrogen) atoms. The van der Waals surface area contributed by atoms with Crippen LogP contribution in [0.5, 0.6) is 0 Å². The molecular weight excluding hydrogens is 319 g/mol. The maximum atomic E-state index is 13.0. The van der Waals surface area contributed by atoms with Gasteiger partial charge in [0, 0.05) is 32.1 Å². The molecule has 0 spiro atoms. The molecule has 0 fully saturated rings. The maximum Gasteiger partial charge on any atom is 0.226 e. The first-order valence-corrected chi connectivity index (χ1v) is 8.23. The van der Waals surface area contributed by atoms with Crippen LogP contribution in [0.15, 0.2) is 42.5 Å². The third-order valence-electron chi connectivity index (χ3n) is 4.22. The number of carbonyl (C=O) groups is 2. The van der Waals surface area contributed by atoms with E-state index in [1.807, 2.05) is 32.0 Å². The van der Waals surface area contributed by atoms with Crippen molar-refractivity contribution in [2.45, 2.75) is 33.7 Å². The van der Waals surface area contributed by atoms with Gasteiger partial charge >= 0.3 is 0 Å². The van der Waals surface area contributed by atoms with Gasteiger partial charge in [0.1, 0.15) is 5.82 Å². The number of aryl methyl sites for hydroxylation is 1. The standard InChI is InChI=1S/C20H23FN2O2/c1-14-5-4-6-19(15(14)2)22-20(25)11-12-23(16(3)24)13-17-7-9-18(21)10-8-17/h4-10H,11-13H2,1-3H3,(H,22,25). The fraction of sp³-hybridized carbons (Fsp3) is 0.300. The Kier molecular flexibility index (Phi) is 6.28. The second-order valence-electron chi connectivity index (χ2n) is 6.11. The average molecular weight is 342 g/mol. The number of hydrogen-bond acceptors (Lipinski definition) is 2. The number of hydrogen-bond donors (Lipinski definition) is 1. The Bertz CT molecular complexity index is 757. The van der Waals surface area contributed by atoms with Crippen LogP contribution in [-0.2, 0) is 16.1 Å². The lowest BCUT2D eigenvalue weighted by Gasteiger charge is -2.21. The molecule has 5 heteroatoms. The molecule has 0 unspecified atom stereocenters. The highest BCUT2D eigenvalue weighted by atomic mass is 19.1. The molecule has 0 atom stereocenters. The van der Waals surface area contributed by atoms with E-state index < -0.39 is 0 Å². The summed E-state index contributed by atoms with van der Waals surface area (Å²) < 4.78 is 13.0. The van der Waals surface area contributed by atoms with Crippen LogP contribution in [0, 0.1) is 19.7 Å². The second kappa shape index (κ2) is 8.42. The summed E-state index contributed by atoms with van der Waals surface area (Å²) in [7, 11) is 0. The van der Waals surface area contributed by atoms with Crippen LogP contribution in [0.3, 0.4) is 0 Å². The minimum absolute atomic E-state index is 0.121. The van der Waals surface area contributed by atoms with E-state index in [9.17, 15) is 14.0 Å². The summed E-state index contributed by atoms with van der Waals surface area (Å²) in [5.41, 5.74) is 3.76. The first-order chi connectivity index (χ1) is 11.9. The molecule has 0 aromatic heterocycles. The van der Waals surface area contributed by atoms with Gasteiger partial charge in [-0.3, -0.25) is 9.59 Å². The van der Waals surface area contributed by atoms with Crippen LogP contribution in [-0.4, -0.2) is 23.3 Å². The van der Waals surface area contributed by atoms with E-state index in [0.29, 0.717) is 13.1 Å². The number of amides is 2. The van der Waals surface area contributed by atoms with Crippen LogP contribution < -0.4 is 5.32 Å². The zero-order valence-corrected chi connectivity index (χ0v) is 14.8.